The highest BCUT2D eigenvalue weighted by Crippen LogP contribution is 2.46. The Morgan fingerprint density at radius 3 is 0.685 bits per heavy atom. The van der Waals surface area contributed by atoms with Crippen LogP contribution < -0.4 is 0 Å². The van der Waals surface area contributed by atoms with Gasteiger partial charge in [0.05, 0.1) is 6.61 Å². The van der Waals surface area contributed by atoms with Gasteiger partial charge in [-0.3, -0.25) is 4.52 Å². The third-order valence-electron chi connectivity index (χ3n) is 11.9. The zero-order valence-electron chi connectivity index (χ0n) is 37.7. The fourth-order valence-electron chi connectivity index (χ4n) is 8.11. The molecule has 0 fully saturated rings. The molecule has 1 atom stereocenters. The number of hydrogen-bond acceptors (Lipinski definition) is 2. The van der Waals surface area contributed by atoms with Crippen molar-refractivity contribution in [3.05, 3.63) is 0 Å². The van der Waals surface area contributed by atoms with Gasteiger partial charge in [-0.2, -0.15) is 0 Å². The van der Waals surface area contributed by atoms with E-state index in [1.807, 2.05) is 6.92 Å². The van der Waals surface area contributed by atoms with Crippen LogP contribution in [0.2, 0.25) is 0 Å². The van der Waals surface area contributed by atoms with Crippen LogP contribution in [0.3, 0.4) is 0 Å². The molecule has 0 radical (unpaired) electrons. The molecule has 0 bridgehead atoms. The van der Waals surface area contributed by atoms with E-state index in [1.165, 1.54) is 244 Å². The highest BCUT2D eigenvalue weighted by Gasteiger charge is 2.28. The van der Waals surface area contributed by atoms with Crippen molar-refractivity contribution < 1.29 is 14.0 Å². The molecule has 1 N–H and O–H groups in total. The van der Waals surface area contributed by atoms with Crippen LogP contribution in [0, 0.1) is 0 Å². The van der Waals surface area contributed by atoms with Crippen molar-refractivity contribution in [1.82, 2.24) is 4.67 Å². The lowest BCUT2D eigenvalue weighted by molar-refractivity contribution is 0.197. The van der Waals surface area contributed by atoms with Crippen LogP contribution in [0.25, 0.3) is 0 Å². The van der Waals surface area contributed by atoms with Crippen molar-refractivity contribution in [2.45, 2.75) is 297 Å². The Kier molecular flexibility index (Phi) is 45.9. The molecule has 0 spiro atoms. The topological polar surface area (TPSA) is 49.8 Å². The molecule has 0 saturated carbocycles. The van der Waals surface area contributed by atoms with Crippen molar-refractivity contribution >= 4 is 7.75 Å². The van der Waals surface area contributed by atoms with Crippen molar-refractivity contribution in [3.8, 4) is 0 Å². The Labute approximate surface area is 341 Å². The molecule has 0 aliphatic rings. The molecule has 326 valence electrons. The van der Waals surface area contributed by atoms with Gasteiger partial charge in [0, 0.05) is 13.1 Å². The molecule has 0 aromatic heterocycles. The fraction of sp³-hybridized carbons (Fsp3) is 1.00. The van der Waals surface area contributed by atoms with Crippen LogP contribution in [0.15, 0.2) is 0 Å². The Hall–Kier alpha value is 0.110. The van der Waals surface area contributed by atoms with E-state index in [0.717, 1.165) is 32.1 Å². The molecular weight excluding hydrogens is 682 g/mol. The highest BCUT2D eigenvalue weighted by atomic mass is 31.2. The lowest BCUT2D eigenvalue weighted by atomic mass is 10.0. The number of rotatable bonds is 48. The Bertz CT molecular complexity index is 688. The Morgan fingerprint density at radius 1 is 0.315 bits per heavy atom. The molecule has 54 heavy (non-hydrogen) atoms. The van der Waals surface area contributed by atoms with Gasteiger partial charge in [-0.25, -0.2) is 9.24 Å². The maximum absolute atomic E-state index is 13.0. The van der Waals surface area contributed by atoms with Crippen molar-refractivity contribution in [3.63, 3.8) is 0 Å². The van der Waals surface area contributed by atoms with Crippen LogP contribution in [0.4, 0.5) is 0 Å². The summed E-state index contributed by atoms with van der Waals surface area (Å²) < 4.78 is 20.3. The number of unbranched alkanes of at least 4 members (excludes halogenated alkanes) is 40. The zero-order valence-corrected chi connectivity index (χ0v) is 38.6. The monoisotopic (exact) mass is 784 g/mol. The van der Waals surface area contributed by atoms with Gasteiger partial charge in [-0.05, 0) is 19.3 Å². The van der Waals surface area contributed by atoms with E-state index in [9.17, 15) is 9.46 Å². The minimum atomic E-state index is -3.68. The SMILES string of the molecule is CCCCCCCCCCCCCCCCCCCCCCCN(CCCCCCCCCCCCCCCCCCCCCCC)P(=O)(O)OCCC. The summed E-state index contributed by atoms with van der Waals surface area (Å²) in [5, 5.41) is 0. The molecule has 5 heteroatoms. The van der Waals surface area contributed by atoms with E-state index in [0.29, 0.717) is 19.7 Å². The smallest absolute Gasteiger partial charge is 0.312 e. The van der Waals surface area contributed by atoms with Crippen LogP contribution in [-0.4, -0.2) is 29.3 Å². The minimum Gasteiger partial charge on any atom is -0.312 e. The summed E-state index contributed by atoms with van der Waals surface area (Å²) >= 11 is 0. The third kappa shape index (κ3) is 41.7. The first-order valence-electron chi connectivity index (χ1n) is 25.3. The largest absolute Gasteiger partial charge is 0.405 e. The maximum Gasteiger partial charge on any atom is 0.405 e. The summed E-state index contributed by atoms with van der Waals surface area (Å²) in [6, 6.07) is 0. The molecule has 0 aliphatic carbocycles. The summed E-state index contributed by atoms with van der Waals surface area (Å²) in [6.45, 7) is 8.34. The van der Waals surface area contributed by atoms with Crippen molar-refractivity contribution in [2.24, 2.45) is 0 Å². The Morgan fingerprint density at radius 2 is 0.500 bits per heavy atom. The second-order valence-electron chi connectivity index (χ2n) is 17.4. The van der Waals surface area contributed by atoms with Crippen LogP contribution >= 0.6 is 7.75 Å². The normalized spacial score (nSPS) is 13.0. The first-order valence-corrected chi connectivity index (χ1v) is 26.8. The highest BCUT2D eigenvalue weighted by molar-refractivity contribution is 7.50. The van der Waals surface area contributed by atoms with Gasteiger partial charge >= 0.3 is 7.75 Å². The summed E-state index contributed by atoms with van der Waals surface area (Å²) in [5.74, 6) is 0. The predicted molar refractivity (Wildman–Crippen MR) is 243 cm³/mol. The van der Waals surface area contributed by atoms with Crippen molar-refractivity contribution in [2.75, 3.05) is 19.7 Å². The number of nitrogens with zero attached hydrogens (tertiary/aromatic N) is 1. The van der Waals surface area contributed by atoms with E-state index in [4.69, 9.17) is 4.52 Å². The van der Waals surface area contributed by atoms with Gasteiger partial charge in [-0.1, -0.05) is 278 Å². The zero-order chi connectivity index (χ0) is 39.3. The molecule has 0 rings (SSSR count). The van der Waals surface area contributed by atoms with E-state index >= 15 is 0 Å². The average Bonchev–Trinajstić information content (AvgIpc) is 3.17. The van der Waals surface area contributed by atoms with E-state index < -0.39 is 7.75 Å². The molecule has 0 amide bonds. The molecule has 0 saturated heterocycles. The lowest BCUT2D eigenvalue weighted by Gasteiger charge is -2.26. The standard InChI is InChI=1S/C49H102NO3P/c1-4-7-9-11-13-15-17-19-21-23-25-27-29-31-33-35-37-39-41-43-45-47-50(54(51,52)53-49-6-3)48-46-44-42-40-38-36-34-32-30-28-26-24-22-20-18-16-14-12-10-8-5-2/h4-49H2,1-3H3,(H,51,52). The van der Waals surface area contributed by atoms with Gasteiger partial charge in [0.25, 0.3) is 0 Å². The summed E-state index contributed by atoms with van der Waals surface area (Å²) in [4.78, 5) is 10.7. The van der Waals surface area contributed by atoms with Gasteiger partial charge in [0.15, 0.2) is 0 Å². The van der Waals surface area contributed by atoms with E-state index in [2.05, 4.69) is 13.8 Å². The first kappa shape index (κ1) is 54.1. The molecular formula is C49H102NO3P. The summed E-state index contributed by atoms with van der Waals surface area (Å²) in [6.07, 6.45) is 58.7. The van der Waals surface area contributed by atoms with Gasteiger partial charge in [0.1, 0.15) is 0 Å². The summed E-state index contributed by atoms with van der Waals surface area (Å²) in [5.41, 5.74) is 0. The van der Waals surface area contributed by atoms with Gasteiger partial charge in [-0.15, -0.1) is 0 Å². The summed E-state index contributed by atoms with van der Waals surface area (Å²) in [7, 11) is -3.68. The quantitative estimate of drug-likeness (QED) is 0.0493. The fourth-order valence-corrected chi connectivity index (χ4v) is 9.48. The number of hydrogen-bond donors (Lipinski definition) is 1. The van der Waals surface area contributed by atoms with Gasteiger partial charge < -0.3 is 4.89 Å². The molecule has 0 aromatic carbocycles. The predicted octanol–water partition coefficient (Wildman–Crippen LogP) is 18.2. The molecule has 0 heterocycles. The second-order valence-corrected chi connectivity index (χ2v) is 19.2. The minimum absolute atomic E-state index is 0.364. The van der Waals surface area contributed by atoms with E-state index in [1.54, 1.807) is 4.67 Å². The molecule has 0 aliphatic heterocycles. The molecule has 0 aromatic rings. The van der Waals surface area contributed by atoms with Gasteiger partial charge in [0.2, 0.25) is 0 Å². The second kappa shape index (κ2) is 45.8. The average molecular weight is 784 g/mol. The van der Waals surface area contributed by atoms with Crippen LogP contribution in [0.5, 0.6) is 0 Å². The lowest BCUT2D eigenvalue weighted by Crippen LogP contribution is -2.24. The maximum atomic E-state index is 13.0. The third-order valence-corrected chi connectivity index (χ3v) is 13.5. The Balaban J connectivity index is 3.68. The molecule has 1 unspecified atom stereocenters. The molecule has 4 nitrogen and oxygen atoms in total. The van der Waals surface area contributed by atoms with Crippen LogP contribution in [0.1, 0.15) is 297 Å². The van der Waals surface area contributed by atoms with Crippen LogP contribution in [-0.2, 0) is 9.09 Å². The van der Waals surface area contributed by atoms with E-state index in [-0.39, 0.29) is 0 Å². The van der Waals surface area contributed by atoms with Crippen molar-refractivity contribution in [1.29, 1.82) is 0 Å². The first-order chi connectivity index (χ1) is 26.6.